The summed E-state index contributed by atoms with van der Waals surface area (Å²) in [6.45, 7) is 12.3. The summed E-state index contributed by atoms with van der Waals surface area (Å²) in [5.74, 6) is -1.92. The van der Waals surface area contributed by atoms with Crippen LogP contribution in [0.1, 0.15) is 57.3 Å². The van der Waals surface area contributed by atoms with Crippen molar-refractivity contribution >= 4 is 25.5 Å². The number of para-hydroxylation sites is 1. The maximum atomic E-state index is 10.6. The van der Waals surface area contributed by atoms with Crippen molar-refractivity contribution in [2.24, 2.45) is 4.99 Å². The fraction of sp³-hybridized carbons (Fsp3) is 0.591. The minimum atomic E-state index is -10.7. The number of hydrogen-bond acceptors (Lipinski definition) is 7. The molecule has 0 aromatic heterocycles. The standard InChI is InChI=1S/C13H27N3.C9H8O4.F6P.Ni.H2O/c1-12-11-13(2,3)15-8-6-10-16(4)9-5-7-14-12;1-6(10)13-8-5-3-2-4-7(8)9(11)12;1-7(2,3,4,5)6;;/h15H,5-11H2,1-4H3;2-5H,1H3,(H,11,12);;;1H2/q;;-1;+2;/p-1. The summed E-state index contributed by atoms with van der Waals surface area (Å²) in [6, 6.07) is 5.81. The van der Waals surface area contributed by atoms with Gasteiger partial charge in [0.1, 0.15) is 5.75 Å². The second-order valence-corrected chi connectivity index (χ2v) is 10.9. The van der Waals surface area contributed by atoms with Crippen molar-refractivity contribution in [3.05, 3.63) is 29.8 Å². The van der Waals surface area contributed by atoms with Crippen LogP contribution in [0.5, 0.6) is 5.75 Å². The van der Waals surface area contributed by atoms with E-state index in [1.807, 2.05) is 0 Å². The third-order valence-electron chi connectivity index (χ3n) is 4.46. The zero-order valence-corrected chi connectivity index (χ0v) is 23.7. The zero-order chi connectivity index (χ0) is 28.3. The van der Waals surface area contributed by atoms with Gasteiger partial charge in [-0.1, -0.05) is 12.1 Å². The normalized spacial score (nSPS) is 18.1. The fourth-order valence-corrected chi connectivity index (χ4v) is 3.14. The van der Waals surface area contributed by atoms with Crippen LogP contribution in [-0.2, 0) is 21.3 Å². The minimum Gasteiger partial charge on any atom is -0.412 e. The van der Waals surface area contributed by atoms with Crippen molar-refractivity contribution in [3.63, 3.8) is 0 Å². The van der Waals surface area contributed by atoms with Crippen LogP contribution in [0, 0.1) is 0 Å². The Labute approximate surface area is 228 Å². The van der Waals surface area contributed by atoms with Crippen LogP contribution in [0.2, 0.25) is 0 Å². The quantitative estimate of drug-likeness (QED) is 0.170. The third-order valence-corrected chi connectivity index (χ3v) is 4.46. The van der Waals surface area contributed by atoms with Crippen molar-refractivity contribution in [3.8, 4) is 5.75 Å². The molecule has 226 valence electrons. The van der Waals surface area contributed by atoms with Crippen LogP contribution < -0.4 is 15.2 Å². The topological polar surface area (TPSA) is 126 Å². The molecule has 38 heavy (non-hydrogen) atoms. The van der Waals surface area contributed by atoms with E-state index in [1.54, 1.807) is 6.07 Å². The number of nitrogens with zero attached hydrogens (tertiary/aromatic N) is 2. The van der Waals surface area contributed by atoms with E-state index in [4.69, 9.17) is 0 Å². The Kier molecular flexibility index (Phi) is 16.8. The Balaban J connectivity index is -0.000000504. The summed E-state index contributed by atoms with van der Waals surface area (Å²) in [4.78, 5) is 28.1. The molecule has 0 bridgehead atoms. The van der Waals surface area contributed by atoms with Gasteiger partial charge in [-0.25, -0.2) is 0 Å². The van der Waals surface area contributed by atoms with E-state index in [0.29, 0.717) is 0 Å². The largest absolute Gasteiger partial charge is 2.00 e. The average Bonchev–Trinajstić information content (AvgIpc) is 2.65. The molecule has 3 N–H and O–H groups in total. The van der Waals surface area contributed by atoms with Gasteiger partial charge >= 0.3 is 55.5 Å². The average molecular weight is 626 g/mol. The van der Waals surface area contributed by atoms with Crippen LogP contribution in [0.15, 0.2) is 29.3 Å². The number of rotatable bonds is 2. The molecule has 1 aliphatic rings. The molecule has 8 nitrogen and oxygen atoms in total. The predicted molar refractivity (Wildman–Crippen MR) is 131 cm³/mol. The molecule has 0 aliphatic carbocycles. The summed E-state index contributed by atoms with van der Waals surface area (Å²) in [5.41, 5.74) is 1.34. The molecular formula is C22H36F6N3NiO5P. The van der Waals surface area contributed by atoms with Gasteiger partial charge in [0.2, 0.25) is 0 Å². The minimum absolute atomic E-state index is 0. The second-order valence-electron chi connectivity index (χ2n) is 8.95. The van der Waals surface area contributed by atoms with Crippen LogP contribution in [0.4, 0.5) is 25.2 Å². The van der Waals surface area contributed by atoms with E-state index in [0.717, 1.165) is 19.5 Å². The molecule has 1 heterocycles. The second kappa shape index (κ2) is 15.7. The first-order valence-corrected chi connectivity index (χ1v) is 13.1. The number of hydrogen-bond donors (Lipinski definition) is 1. The molecule has 0 saturated carbocycles. The molecular weight excluding hydrogens is 590 g/mol. The number of benzene rings is 1. The summed E-state index contributed by atoms with van der Waals surface area (Å²) < 4.78 is 63.8. The molecule has 2 rings (SSSR count). The fourth-order valence-electron chi connectivity index (χ4n) is 3.14. The Hall–Kier alpha value is -1.79. The number of halogens is 6. The van der Waals surface area contributed by atoms with Gasteiger partial charge in [0.15, 0.2) is 0 Å². The number of carbonyl (C=O) groups excluding carboxylic acids is 2. The molecule has 0 unspecified atom stereocenters. The van der Waals surface area contributed by atoms with Gasteiger partial charge in [-0.2, -0.15) is 0 Å². The molecule has 0 spiro atoms. The van der Waals surface area contributed by atoms with Gasteiger partial charge in [0.05, 0.1) is 5.97 Å². The predicted octanol–water partition coefficient (Wildman–Crippen LogP) is 4.46. The Morgan fingerprint density at radius 3 is 2.08 bits per heavy atom. The van der Waals surface area contributed by atoms with Crippen molar-refractivity contribution in [1.29, 1.82) is 0 Å². The summed E-state index contributed by atoms with van der Waals surface area (Å²) in [6.07, 6.45) is 3.47. The van der Waals surface area contributed by atoms with E-state index in [-0.39, 0.29) is 38.8 Å². The van der Waals surface area contributed by atoms with Crippen molar-refractivity contribution in [2.45, 2.75) is 52.5 Å². The Morgan fingerprint density at radius 2 is 1.58 bits per heavy atom. The molecule has 0 fully saturated rings. The SMILES string of the molecule is CC(=O)Oc1ccccc1C(=O)[O-].CC1=NCCCN(C)CCCNC(C)(C)C1.F[P-](F)(F)(F)(F)F.O.[Ni+2]. The molecule has 0 saturated heterocycles. The molecule has 1 aromatic rings. The van der Waals surface area contributed by atoms with Crippen molar-refractivity contribution in [2.75, 3.05) is 33.2 Å². The molecule has 1 aromatic carbocycles. The van der Waals surface area contributed by atoms with Gasteiger partial charge in [0.25, 0.3) is 0 Å². The summed E-state index contributed by atoms with van der Waals surface area (Å²) >= 11 is 0. The number of aliphatic imine (C=N–C) groups is 1. The monoisotopic (exact) mass is 625 g/mol. The van der Waals surface area contributed by atoms with Crippen LogP contribution in [0.3, 0.4) is 0 Å². The van der Waals surface area contributed by atoms with Gasteiger partial charge in [0, 0.05) is 36.7 Å². The first-order valence-electron chi connectivity index (χ1n) is 11.0. The zero-order valence-electron chi connectivity index (χ0n) is 21.8. The number of aromatic carboxylic acids is 1. The Morgan fingerprint density at radius 1 is 1.08 bits per heavy atom. The molecule has 0 radical (unpaired) electrons. The van der Waals surface area contributed by atoms with Crippen molar-refractivity contribution in [1.82, 2.24) is 10.2 Å². The third kappa shape index (κ3) is 27.3. The van der Waals surface area contributed by atoms with Gasteiger partial charge < -0.3 is 30.3 Å². The van der Waals surface area contributed by atoms with Gasteiger partial charge in [-0.15, -0.1) is 0 Å². The van der Waals surface area contributed by atoms with E-state index >= 15 is 0 Å². The van der Waals surface area contributed by atoms with Crippen LogP contribution in [-0.4, -0.2) is 66.8 Å². The molecule has 0 amide bonds. The first kappa shape index (κ1) is 40.7. The maximum absolute atomic E-state index is 10.7. The van der Waals surface area contributed by atoms with Gasteiger partial charge in [-0.3, -0.25) is 9.79 Å². The number of carboxylic acid groups (broad SMARTS) is 1. The number of esters is 1. The van der Waals surface area contributed by atoms with Gasteiger partial charge in [-0.05, 0) is 72.4 Å². The summed E-state index contributed by atoms with van der Waals surface area (Å²) in [5, 5.41) is 14.1. The van der Waals surface area contributed by atoms with E-state index in [1.165, 1.54) is 56.8 Å². The number of carboxylic acids is 1. The van der Waals surface area contributed by atoms with E-state index in [2.05, 4.69) is 47.8 Å². The number of nitrogens with one attached hydrogen (secondary N) is 1. The molecule has 1 aliphatic heterocycles. The van der Waals surface area contributed by atoms with Crippen molar-refractivity contribution < 1.29 is 66.6 Å². The van der Waals surface area contributed by atoms with E-state index < -0.39 is 19.7 Å². The summed E-state index contributed by atoms with van der Waals surface area (Å²) in [7, 11) is -8.46. The smallest absolute Gasteiger partial charge is 0.412 e. The van der Waals surface area contributed by atoms with E-state index in [9.17, 15) is 39.9 Å². The first-order chi connectivity index (χ1) is 16.1. The number of ether oxygens (including phenoxy) is 1. The molecule has 16 heteroatoms. The maximum Gasteiger partial charge on any atom is 2.00 e. The molecule has 0 atom stereocenters. The Bertz CT molecular complexity index is 907. The number of carbonyl (C=O) groups is 2. The van der Waals surface area contributed by atoms with Crippen LogP contribution >= 0.6 is 7.81 Å². The van der Waals surface area contributed by atoms with Crippen LogP contribution in [0.25, 0.3) is 0 Å².